The monoisotopic (exact) mass is 456 g/mol. The Kier molecular flexibility index (Phi) is 7.83. The number of hydrogen-bond acceptors (Lipinski definition) is 5. The van der Waals surface area contributed by atoms with Gasteiger partial charge < -0.3 is 14.8 Å². The van der Waals surface area contributed by atoms with Gasteiger partial charge in [0.2, 0.25) is 15.9 Å². The number of nitrogens with zero attached hydrogens (tertiary/aromatic N) is 1. The van der Waals surface area contributed by atoms with Crippen LogP contribution in [-0.2, 0) is 14.8 Å². The van der Waals surface area contributed by atoms with E-state index in [1.807, 2.05) is 6.92 Å². The van der Waals surface area contributed by atoms with Gasteiger partial charge in [0.25, 0.3) is 0 Å². The van der Waals surface area contributed by atoms with Gasteiger partial charge in [-0.2, -0.15) is 0 Å². The van der Waals surface area contributed by atoms with E-state index in [4.69, 9.17) is 9.47 Å². The lowest BCUT2D eigenvalue weighted by molar-refractivity contribution is -0.122. The summed E-state index contributed by atoms with van der Waals surface area (Å²) in [5, 5.41) is 2.81. The highest BCUT2D eigenvalue weighted by atomic mass is 32.2. The van der Waals surface area contributed by atoms with Crippen molar-refractivity contribution in [3.63, 3.8) is 0 Å². The lowest BCUT2D eigenvalue weighted by Gasteiger charge is -2.30. The van der Waals surface area contributed by atoms with Gasteiger partial charge in [0.1, 0.15) is 6.04 Å². The summed E-state index contributed by atoms with van der Waals surface area (Å²) in [6.07, 6.45) is 1.40. The van der Waals surface area contributed by atoms with Crippen molar-refractivity contribution in [2.75, 3.05) is 24.8 Å². The average molecular weight is 457 g/mol. The van der Waals surface area contributed by atoms with Gasteiger partial charge in [-0.25, -0.2) is 17.2 Å². The van der Waals surface area contributed by atoms with E-state index in [1.165, 1.54) is 21.1 Å². The molecule has 0 aliphatic rings. The Bertz CT molecular complexity index is 1050. The number of hydrogen-bond donors (Lipinski definition) is 1. The first-order valence-corrected chi connectivity index (χ1v) is 11.3. The van der Waals surface area contributed by atoms with E-state index in [0.29, 0.717) is 17.9 Å². The Hall–Kier alpha value is -2.88. The zero-order valence-corrected chi connectivity index (χ0v) is 18.8. The molecular weight excluding hydrogens is 430 g/mol. The summed E-state index contributed by atoms with van der Waals surface area (Å²) in [6, 6.07) is 6.20. The summed E-state index contributed by atoms with van der Waals surface area (Å²) >= 11 is 0. The van der Waals surface area contributed by atoms with Crippen LogP contribution in [0.2, 0.25) is 0 Å². The van der Waals surface area contributed by atoms with Gasteiger partial charge in [-0.05, 0) is 43.2 Å². The van der Waals surface area contributed by atoms with E-state index in [2.05, 4.69) is 5.32 Å². The summed E-state index contributed by atoms with van der Waals surface area (Å²) in [5.74, 6) is -1.91. The van der Waals surface area contributed by atoms with Gasteiger partial charge in [0, 0.05) is 6.07 Å². The number of nitrogens with one attached hydrogen (secondary N) is 1. The second kappa shape index (κ2) is 9.95. The molecule has 0 heterocycles. The molecule has 0 aliphatic heterocycles. The smallest absolute Gasteiger partial charge is 0.244 e. The molecule has 2 rings (SSSR count). The number of halogens is 2. The zero-order chi connectivity index (χ0) is 23.3. The molecule has 31 heavy (non-hydrogen) atoms. The maximum Gasteiger partial charge on any atom is 0.244 e. The third kappa shape index (κ3) is 5.63. The Morgan fingerprint density at radius 1 is 1.06 bits per heavy atom. The molecule has 2 atom stereocenters. The minimum Gasteiger partial charge on any atom is -0.493 e. The third-order valence-electron chi connectivity index (χ3n) is 4.78. The number of rotatable bonds is 9. The summed E-state index contributed by atoms with van der Waals surface area (Å²) in [7, 11) is -0.966. The summed E-state index contributed by atoms with van der Waals surface area (Å²) < 4.78 is 63.0. The first-order chi connectivity index (χ1) is 14.5. The SMILES string of the molecule is CC[C@@H](NC(=O)[C@@H](C)N(c1ccc(F)c(F)c1)S(C)(=O)=O)c1ccc(OC)c(OC)c1. The zero-order valence-electron chi connectivity index (χ0n) is 18.0. The van der Waals surface area contributed by atoms with Crippen molar-refractivity contribution in [3.05, 3.63) is 53.6 Å². The predicted molar refractivity (Wildman–Crippen MR) is 114 cm³/mol. The van der Waals surface area contributed by atoms with Crippen molar-refractivity contribution in [2.45, 2.75) is 32.4 Å². The van der Waals surface area contributed by atoms with Gasteiger partial charge in [-0.15, -0.1) is 0 Å². The number of methoxy groups -OCH3 is 2. The van der Waals surface area contributed by atoms with Gasteiger partial charge in [-0.3, -0.25) is 9.10 Å². The molecule has 7 nitrogen and oxygen atoms in total. The second-order valence-corrected chi connectivity index (χ2v) is 8.78. The normalized spacial score (nSPS) is 13.3. The topological polar surface area (TPSA) is 84.9 Å². The lowest BCUT2D eigenvalue weighted by atomic mass is 10.0. The molecular formula is C21H26F2N2O5S. The standard InChI is InChI=1S/C21H26F2N2O5S/c1-6-18(14-7-10-19(29-3)20(11-14)30-4)24-21(26)13(2)25(31(5,27)28)15-8-9-16(22)17(23)12-15/h7-13,18H,6H2,1-5H3,(H,24,26)/t13-,18-/m1/s1. The predicted octanol–water partition coefficient (Wildman–Crippen LogP) is 3.40. The first kappa shape index (κ1) is 24.4. The molecule has 0 aliphatic carbocycles. The van der Waals surface area contributed by atoms with E-state index < -0.39 is 39.6 Å². The van der Waals surface area contributed by atoms with Crippen LogP contribution in [0.25, 0.3) is 0 Å². The van der Waals surface area contributed by atoms with E-state index in [-0.39, 0.29) is 5.69 Å². The molecule has 0 saturated heterocycles. The van der Waals surface area contributed by atoms with Crippen LogP contribution in [0.3, 0.4) is 0 Å². The van der Waals surface area contributed by atoms with Crippen LogP contribution >= 0.6 is 0 Å². The van der Waals surface area contributed by atoms with Crippen molar-refractivity contribution in [1.82, 2.24) is 5.32 Å². The van der Waals surface area contributed by atoms with Crippen LogP contribution in [0, 0.1) is 11.6 Å². The van der Waals surface area contributed by atoms with Crippen molar-refractivity contribution in [3.8, 4) is 11.5 Å². The molecule has 1 amide bonds. The Morgan fingerprint density at radius 3 is 2.23 bits per heavy atom. The van der Waals surface area contributed by atoms with Gasteiger partial charge in [0.05, 0.1) is 32.2 Å². The van der Waals surface area contributed by atoms with Crippen LogP contribution in [0.15, 0.2) is 36.4 Å². The number of anilines is 1. The Morgan fingerprint density at radius 2 is 1.71 bits per heavy atom. The van der Waals surface area contributed by atoms with E-state index in [9.17, 15) is 22.0 Å². The molecule has 2 aromatic carbocycles. The van der Waals surface area contributed by atoms with Crippen LogP contribution in [-0.4, -0.2) is 40.8 Å². The summed E-state index contributed by atoms with van der Waals surface area (Å²) in [4.78, 5) is 12.9. The number of sulfonamides is 1. The molecule has 0 fully saturated rings. The number of benzene rings is 2. The lowest BCUT2D eigenvalue weighted by Crippen LogP contribution is -2.48. The molecule has 170 valence electrons. The van der Waals surface area contributed by atoms with Gasteiger partial charge >= 0.3 is 0 Å². The Labute approximate surface area is 181 Å². The number of carbonyl (C=O) groups is 1. The average Bonchev–Trinajstić information content (AvgIpc) is 2.72. The van der Waals surface area contributed by atoms with Crippen LogP contribution < -0.4 is 19.1 Å². The third-order valence-corrected chi connectivity index (χ3v) is 6.02. The van der Waals surface area contributed by atoms with Crippen molar-refractivity contribution in [2.24, 2.45) is 0 Å². The largest absolute Gasteiger partial charge is 0.493 e. The number of carbonyl (C=O) groups excluding carboxylic acids is 1. The highest BCUT2D eigenvalue weighted by molar-refractivity contribution is 7.92. The maximum atomic E-state index is 13.7. The first-order valence-electron chi connectivity index (χ1n) is 9.50. The summed E-state index contributed by atoms with van der Waals surface area (Å²) in [5.41, 5.74) is 0.586. The van der Waals surface area contributed by atoms with Gasteiger partial charge in [0.15, 0.2) is 23.1 Å². The molecule has 0 bridgehead atoms. The quantitative estimate of drug-likeness (QED) is 0.625. The van der Waals surface area contributed by atoms with Crippen molar-refractivity contribution in [1.29, 1.82) is 0 Å². The van der Waals surface area contributed by atoms with Crippen LogP contribution in [0.5, 0.6) is 11.5 Å². The van der Waals surface area contributed by atoms with E-state index in [1.54, 1.807) is 18.2 Å². The minimum atomic E-state index is -3.97. The molecule has 0 unspecified atom stereocenters. The van der Waals surface area contributed by atoms with Crippen LogP contribution in [0.1, 0.15) is 31.9 Å². The fraction of sp³-hybridized carbons (Fsp3) is 0.381. The van der Waals surface area contributed by atoms with Crippen molar-refractivity contribution >= 4 is 21.6 Å². The Balaban J connectivity index is 2.33. The molecule has 1 N–H and O–H groups in total. The van der Waals surface area contributed by atoms with Gasteiger partial charge in [-0.1, -0.05) is 13.0 Å². The van der Waals surface area contributed by atoms with Crippen LogP contribution in [0.4, 0.5) is 14.5 Å². The summed E-state index contributed by atoms with van der Waals surface area (Å²) in [6.45, 7) is 3.23. The van der Waals surface area contributed by atoms with E-state index in [0.717, 1.165) is 34.3 Å². The fourth-order valence-electron chi connectivity index (χ4n) is 3.21. The molecule has 0 saturated carbocycles. The molecule has 2 aromatic rings. The molecule has 10 heteroatoms. The number of ether oxygens (including phenoxy) is 2. The maximum absolute atomic E-state index is 13.7. The second-order valence-electron chi connectivity index (χ2n) is 6.92. The minimum absolute atomic E-state index is 0.150. The van der Waals surface area contributed by atoms with E-state index >= 15 is 0 Å². The van der Waals surface area contributed by atoms with Crippen molar-refractivity contribution < 1.29 is 31.5 Å². The highest BCUT2D eigenvalue weighted by Crippen LogP contribution is 2.31. The highest BCUT2D eigenvalue weighted by Gasteiger charge is 2.31. The fourth-order valence-corrected chi connectivity index (χ4v) is 4.38. The number of amides is 1. The molecule has 0 spiro atoms. The molecule has 0 radical (unpaired) electrons. The molecule has 0 aromatic heterocycles.